The first-order chi connectivity index (χ1) is 13.1. The molecule has 0 aromatic heterocycles. The van der Waals surface area contributed by atoms with Gasteiger partial charge in [0.1, 0.15) is 0 Å². The highest BCUT2D eigenvalue weighted by Crippen LogP contribution is 2.31. The Morgan fingerprint density at radius 1 is 1.04 bits per heavy atom. The second-order valence-electron chi connectivity index (χ2n) is 6.80. The number of carbonyl (C=O) groups is 1. The minimum Gasteiger partial charge on any atom is -0.379 e. The minimum absolute atomic E-state index is 0.00505. The molecule has 1 fully saturated rings. The second kappa shape index (κ2) is 7.42. The summed E-state index contributed by atoms with van der Waals surface area (Å²) in [6, 6.07) is 14.3. The Hall–Kier alpha value is -2.22. The van der Waals surface area contributed by atoms with Gasteiger partial charge >= 0.3 is 0 Å². The molecule has 1 N–H and O–H groups in total. The lowest BCUT2D eigenvalue weighted by molar-refractivity contribution is 0.0730. The highest BCUT2D eigenvalue weighted by molar-refractivity contribution is 7.89. The predicted molar refractivity (Wildman–Crippen MR) is 101 cm³/mol. The van der Waals surface area contributed by atoms with Gasteiger partial charge in [-0.3, -0.25) is 4.79 Å². The molecule has 142 valence electrons. The van der Waals surface area contributed by atoms with E-state index in [0.29, 0.717) is 31.9 Å². The fourth-order valence-electron chi connectivity index (χ4n) is 3.66. The number of aryl methyl sites for hydroxylation is 1. The van der Waals surface area contributed by atoms with Crippen molar-refractivity contribution in [1.29, 1.82) is 0 Å². The maximum Gasteiger partial charge on any atom is 0.251 e. The highest BCUT2D eigenvalue weighted by atomic mass is 32.2. The summed E-state index contributed by atoms with van der Waals surface area (Å²) in [5.41, 5.74) is 2.90. The number of nitrogens with zero attached hydrogens (tertiary/aromatic N) is 1. The summed E-state index contributed by atoms with van der Waals surface area (Å²) in [5, 5.41) is 3.06. The molecule has 2 aliphatic rings. The van der Waals surface area contributed by atoms with Gasteiger partial charge < -0.3 is 10.1 Å². The minimum atomic E-state index is -3.55. The molecular weight excluding hydrogens is 364 g/mol. The summed E-state index contributed by atoms with van der Waals surface area (Å²) >= 11 is 0. The van der Waals surface area contributed by atoms with Crippen molar-refractivity contribution in [3.8, 4) is 0 Å². The Bertz CT molecular complexity index is 935. The van der Waals surface area contributed by atoms with E-state index >= 15 is 0 Å². The molecule has 1 aliphatic heterocycles. The third kappa shape index (κ3) is 3.63. The fourth-order valence-corrected chi connectivity index (χ4v) is 5.07. The molecule has 1 heterocycles. The smallest absolute Gasteiger partial charge is 0.251 e. The van der Waals surface area contributed by atoms with E-state index in [4.69, 9.17) is 4.74 Å². The number of nitrogens with one attached hydrogen (secondary N) is 1. The molecule has 1 saturated heterocycles. The molecule has 1 aliphatic carbocycles. The quantitative estimate of drug-likeness (QED) is 0.873. The molecule has 2 aromatic rings. The number of fused-ring (bicyclic) bond motifs is 1. The zero-order chi connectivity index (χ0) is 18.9. The fraction of sp³-hybridized carbons (Fsp3) is 0.350. The van der Waals surface area contributed by atoms with Crippen molar-refractivity contribution < 1.29 is 17.9 Å². The number of hydrogen-bond donors (Lipinski definition) is 1. The molecule has 1 atom stereocenters. The maximum atomic E-state index is 12.7. The lowest BCUT2D eigenvalue weighted by Gasteiger charge is -2.26. The van der Waals surface area contributed by atoms with Crippen LogP contribution in [0.1, 0.15) is 33.9 Å². The van der Waals surface area contributed by atoms with E-state index in [9.17, 15) is 13.2 Å². The monoisotopic (exact) mass is 386 g/mol. The topological polar surface area (TPSA) is 75.7 Å². The van der Waals surface area contributed by atoms with Gasteiger partial charge in [0.2, 0.25) is 10.0 Å². The van der Waals surface area contributed by atoms with Crippen molar-refractivity contribution in [3.05, 3.63) is 65.2 Å². The molecule has 2 aromatic carbocycles. The number of ether oxygens (including phenoxy) is 1. The summed E-state index contributed by atoms with van der Waals surface area (Å²) < 4.78 is 31.9. The van der Waals surface area contributed by atoms with Gasteiger partial charge in [0, 0.05) is 18.7 Å². The summed E-state index contributed by atoms with van der Waals surface area (Å²) in [4.78, 5) is 12.8. The van der Waals surface area contributed by atoms with Crippen molar-refractivity contribution in [3.63, 3.8) is 0 Å². The van der Waals surface area contributed by atoms with Crippen molar-refractivity contribution >= 4 is 15.9 Å². The van der Waals surface area contributed by atoms with Gasteiger partial charge in [-0.05, 0) is 48.2 Å². The van der Waals surface area contributed by atoms with Gasteiger partial charge in [-0.2, -0.15) is 4.31 Å². The summed E-state index contributed by atoms with van der Waals surface area (Å²) in [6.07, 6.45) is 1.84. The van der Waals surface area contributed by atoms with Gasteiger partial charge in [-0.25, -0.2) is 8.42 Å². The van der Waals surface area contributed by atoms with Crippen molar-refractivity contribution in [2.75, 3.05) is 26.3 Å². The summed E-state index contributed by atoms with van der Waals surface area (Å²) in [7, 11) is -3.55. The van der Waals surface area contributed by atoms with Crippen molar-refractivity contribution in [2.45, 2.75) is 23.8 Å². The lowest BCUT2D eigenvalue weighted by atomic mass is 10.1. The van der Waals surface area contributed by atoms with Gasteiger partial charge in [0.25, 0.3) is 5.91 Å². The predicted octanol–water partition coefficient (Wildman–Crippen LogP) is 2.12. The van der Waals surface area contributed by atoms with Gasteiger partial charge in [-0.1, -0.05) is 24.3 Å². The molecular formula is C20H22N2O4S. The van der Waals surface area contributed by atoms with Crippen LogP contribution in [0.3, 0.4) is 0 Å². The lowest BCUT2D eigenvalue weighted by Crippen LogP contribution is -2.40. The van der Waals surface area contributed by atoms with Crippen LogP contribution < -0.4 is 5.32 Å². The van der Waals surface area contributed by atoms with E-state index in [0.717, 1.165) is 18.4 Å². The van der Waals surface area contributed by atoms with Crippen molar-refractivity contribution in [1.82, 2.24) is 9.62 Å². The number of benzene rings is 2. The van der Waals surface area contributed by atoms with E-state index in [-0.39, 0.29) is 16.8 Å². The Labute approximate surface area is 159 Å². The largest absolute Gasteiger partial charge is 0.379 e. The standard InChI is InChI=1S/C20H22N2O4S/c23-20(21-19-10-7-15-3-1-2-4-18(15)19)16-5-8-17(9-6-16)27(24,25)22-11-13-26-14-12-22/h1-6,8-9,19H,7,10-14H2,(H,21,23). The Balaban J connectivity index is 1.47. The number of hydrogen-bond acceptors (Lipinski definition) is 4. The Morgan fingerprint density at radius 3 is 2.48 bits per heavy atom. The normalized spacial score (nSPS) is 20.2. The van der Waals surface area contributed by atoms with E-state index in [2.05, 4.69) is 11.4 Å². The van der Waals surface area contributed by atoms with Crippen LogP contribution in [0, 0.1) is 0 Å². The highest BCUT2D eigenvalue weighted by Gasteiger charge is 2.27. The van der Waals surface area contributed by atoms with Gasteiger partial charge in [-0.15, -0.1) is 0 Å². The molecule has 4 rings (SSSR count). The molecule has 0 radical (unpaired) electrons. The van der Waals surface area contributed by atoms with E-state index in [1.165, 1.54) is 22.0 Å². The molecule has 6 nitrogen and oxygen atoms in total. The summed E-state index contributed by atoms with van der Waals surface area (Å²) in [6.45, 7) is 1.52. The third-order valence-electron chi connectivity index (χ3n) is 5.16. The number of amides is 1. The molecule has 0 spiro atoms. The SMILES string of the molecule is O=C(NC1CCc2ccccc21)c1ccc(S(=O)(=O)N2CCOCC2)cc1. The first kappa shape index (κ1) is 18.2. The maximum absolute atomic E-state index is 12.7. The molecule has 1 unspecified atom stereocenters. The van der Waals surface area contributed by atoms with Crippen LogP contribution >= 0.6 is 0 Å². The van der Waals surface area contributed by atoms with Crippen LogP contribution in [0.25, 0.3) is 0 Å². The molecule has 1 amide bonds. The summed E-state index contributed by atoms with van der Waals surface area (Å²) in [5.74, 6) is -0.188. The second-order valence-corrected chi connectivity index (χ2v) is 8.74. The number of morpholine rings is 1. The first-order valence-corrected chi connectivity index (χ1v) is 10.6. The van der Waals surface area contributed by atoms with E-state index < -0.39 is 10.0 Å². The van der Waals surface area contributed by atoms with E-state index in [1.54, 1.807) is 12.1 Å². The number of sulfonamides is 1. The average molecular weight is 386 g/mol. The average Bonchev–Trinajstić information content (AvgIpc) is 3.12. The number of carbonyl (C=O) groups excluding carboxylic acids is 1. The van der Waals surface area contributed by atoms with Crippen LogP contribution in [-0.4, -0.2) is 44.9 Å². The molecule has 7 heteroatoms. The van der Waals surface area contributed by atoms with Crippen LogP contribution in [0.4, 0.5) is 0 Å². The molecule has 0 saturated carbocycles. The van der Waals surface area contributed by atoms with Gasteiger partial charge in [0.05, 0.1) is 24.2 Å². The third-order valence-corrected chi connectivity index (χ3v) is 7.08. The van der Waals surface area contributed by atoms with Crippen LogP contribution in [0.15, 0.2) is 53.4 Å². The molecule has 0 bridgehead atoms. The van der Waals surface area contributed by atoms with Crippen molar-refractivity contribution in [2.24, 2.45) is 0 Å². The number of rotatable bonds is 4. The van der Waals surface area contributed by atoms with Crippen LogP contribution in [0.5, 0.6) is 0 Å². The van der Waals surface area contributed by atoms with Crippen LogP contribution in [0.2, 0.25) is 0 Å². The zero-order valence-corrected chi connectivity index (χ0v) is 15.7. The van der Waals surface area contributed by atoms with E-state index in [1.807, 2.05) is 18.2 Å². The zero-order valence-electron chi connectivity index (χ0n) is 14.9. The van der Waals surface area contributed by atoms with Gasteiger partial charge in [0.15, 0.2) is 0 Å². The first-order valence-electron chi connectivity index (χ1n) is 9.12. The Kier molecular flexibility index (Phi) is 4.99. The Morgan fingerprint density at radius 2 is 1.74 bits per heavy atom. The molecule has 27 heavy (non-hydrogen) atoms. The van der Waals surface area contributed by atoms with Crippen LogP contribution in [-0.2, 0) is 21.2 Å².